The Kier molecular flexibility index (Phi) is 5.07. The molecule has 0 saturated carbocycles. The lowest BCUT2D eigenvalue weighted by Crippen LogP contribution is -2.55. The molecule has 2 aliphatic rings. The van der Waals surface area contributed by atoms with Gasteiger partial charge in [-0.3, -0.25) is 9.59 Å². The molecule has 3 heterocycles. The van der Waals surface area contributed by atoms with Gasteiger partial charge in [0.1, 0.15) is 6.04 Å². The molecular formula is C15H21N3O3S. The van der Waals surface area contributed by atoms with Crippen LogP contribution in [0.3, 0.4) is 0 Å². The Morgan fingerprint density at radius 2 is 2.18 bits per heavy atom. The molecule has 0 aromatic carbocycles. The van der Waals surface area contributed by atoms with Crippen LogP contribution in [0, 0.1) is 0 Å². The molecule has 2 aliphatic heterocycles. The van der Waals surface area contributed by atoms with Crippen LogP contribution >= 0.6 is 11.3 Å². The van der Waals surface area contributed by atoms with E-state index in [1.165, 1.54) is 11.3 Å². The van der Waals surface area contributed by atoms with Crippen molar-refractivity contribution in [2.75, 3.05) is 32.8 Å². The van der Waals surface area contributed by atoms with E-state index in [1.54, 1.807) is 0 Å². The zero-order valence-electron chi connectivity index (χ0n) is 12.4. The van der Waals surface area contributed by atoms with E-state index in [-0.39, 0.29) is 23.9 Å². The first kappa shape index (κ1) is 15.5. The van der Waals surface area contributed by atoms with Crippen molar-refractivity contribution in [3.8, 4) is 0 Å². The van der Waals surface area contributed by atoms with E-state index in [0.717, 1.165) is 19.4 Å². The van der Waals surface area contributed by atoms with Gasteiger partial charge < -0.3 is 20.3 Å². The summed E-state index contributed by atoms with van der Waals surface area (Å²) in [6.45, 7) is 3.22. The van der Waals surface area contributed by atoms with Crippen molar-refractivity contribution in [1.82, 2.24) is 15.5 Å². The Morgan fingerprint density at radius 1 is 1.36 bits per heavy atom. The Morgan fingerprint density at radius 3 is 2.82 bits per heavy atom. The molecule has 2 amide bonds. The molecule has 1 atom stereocenters. The van der Waals surface area contributed by atoms with Crippen molar-refractivity contribution >= 4 is 23.2 Å². The largest absolute Gasteiger partial charge is 0.378 e. The molecule has 22 heavy (non-hydrogen) atoms. The Labute approximate surface area is 133 Å². The third-order valence-corrected chi connectivity index (χ3v) is 4.83. The Bertz CT molecular complexity index is 506. The quantitative estimate of drug-likeness (QED) is 0.848. The third kappa shape index (κ3) is 3.66. The van der Waals surface area contributed by atoms with Gasteiger partial charge in [0.15, 0.2) is 0 Å². The Hall–Kier alpha value is -1.44. The van der Waals surface area contributed by atoms with E-state index in [0.29, 0.717) is 31.9 Å². The molecule has 2 N–H and O–H groups in total. The highest BCUT2D eigenvalue weighted by atomic mass is 32.1. The smallest absolute Gasteiger partial charge is 0.252 e. The van der Waals surface area contributed by atoms with Gasteiger partial charge in [-0.25, -0.2) is 0 Å². The molecule has 1 unspecified atom stereocenters. The lowest BCUT2D eigenvalue weighted by Gasteiger charge is -2.35. The van der Waals surface area contributed by atoms with Crippen molar-refractivity contribution in [2.24, 2.45) is 0 Å². The van der Waals surface area contributed by atoms with Crippen molar-refractivity contribution < 1.29 is 14.3 Å². The molecule has 2 fully saturated rings. The van der Waals surface area contributed by atoms with Crippen LogP contribution in [-0.4, -0.2) is 61.6 Å². The third-order valence-electron chi connectivity index (χ3n) is 4.14. The number of likely N-dealkylation sites (tertiary alicyclic amines) is 1. The van der Waals surface area contributed by atoms with Crippen molar-refractivity contribution in [1.29, 1.82) is 0 Å². The predicted molar refractivity (Wildman–Crippen MR) is 84.0 cm³/mol. The molecule has 1 aromatic heterocycles. The monoisotopic (exact) mass is 323 g/mol. The normalized spacial score (nSPS) is 23.3. The highest BCUT2D eigenvalue weighted by Gasteiger charge is 2.29. The highest BCUT2D eigenvalue weighted by molar-refractivity contribution is 7.08. The van der Waals surface area contributed by atoms with E-state index in [2.05, 4.69) is 10.6 Å². The second-order valence-electron chi connectivity index (χ2n) is 5.67. The van der Waals surface area contributed by atoms with Crippen LogP contribution in [0.4, 0.5) is 0 Å². The molecule has 120 valence electrons. The second-order valence-corrected chi connectivity index (χ2v) is 6.45. The SMILES string of the molecule is O=C(NC1CCN(C(=O)C2COCCN2)CC1)c1ccsc1. The molecule has 6 nitrogen and oxygen atoms in total. The van der Waals surface area contributed by atoms with Gasteiger partial charge >= 0.3 is 0 Å². The molecule has 0 bridgehead atoms. The zero-order chi connectivity index (χ0) is 15.4. The van der Waals surface area contributed by atoms with Crippen LogP contribution < -0.4 is 10.6 Å². The zero-order valence-corrected chi connectivity index (χ0v) is 13.2. The fraction of sp³-hybridized carbons (Fsp3) is 0.600. The number of piperidine rings is 1. The van der Waals surface area contributed by atoms with E-state index in [1.807, 2.05) is 21.7 Å². The standard InChI is InChI=1S/C15H21N3O3S/c19-14(11-3-8-22-10-11)17-12-1-5-18(6-2-12)15(20)13-9-21-7-4-16-13/h3,8,10,12-13,16H,1-2,4-7,9H2,(H,17,19). The number of hydrogen-bond acceptors (Lipinski definition) is 5. The van der Waals surface area contributed by atoms with Gasteiger partial charge in [0, 0.05) is 36.6 Å². The Balaban J connectivity index is 1.46. The van der Waals surface area contributed by atoms with Crippen LogP contribution in [-0.2, 0) is 9.53 Å². The predicted octanol–water partition coefficient (Wildman–Crippen LogP) is 0.457. The number of thiophene rings is 1. The number of hydrogen-bond donors (Lipinski definition) is 2. The van der Waals surface area contributed by atoms with Gasteiger partial charge in [-0.1, -0.05) is 0 Å². The summed E-state index contributed by atoms with van der Waals surface area (Å²) in [7, 11) is 0. The molecular weight excluding hydrogens is 302 g/mol. The lowest BCUT2D eigenvalue weighted by atomic mass is 10.0. The number of rotatable bonds is 3. The van der Waals surface area contributed by atoms with Gasteiger partial charge in [0.2, 0.25) is 5.91 Å². The average molecular weight is 323 g/mol. The molecule has 7 heteroatoms. The minimum absolute atomic E-state index is 0.0200. The highest BCUT2D eigenvalue weighted by Crippen LogP contribution is 2.14. The number of amides is 2. The first-order valence-corrected chi connectivity index (χ1v) is 8.61. The van der Waals surface area contributed by atoms with Gasteiger partial charge in [-0.15, -0.1) is 0 Å². The second kappa shape index (κ2) is 7.21. The molecule has 1 aromatic rings. The van der Waals surface area contributed by atoms with Crippen LogP contribution in [0.15, 0.2) is 16.8 Å². The number of carbonyl (C=O) groups excluding carboxylic acids is 2. The first-order valence-electron chi connectivity index (χ1n) is 7.67. The molecule has 0 radical (unpaired) electrons. The van der Waals surface area contributed by atoms with Gasteiger partial charge in [0.05, 0.1) is 13.2 Å². The van der Waals surface area contributed by atoms with E-state index in [4.69, 9.17) is 4.74 Å². The van der Waals surface area contributed by atoms with Gasteiger partial charge in [-0.05, 0) is 24.3 Å². The number of ether oxygens (including phenoxy) is 1. The van der Waals surface area contributed by atoms with Crippen molar-refractivity contribution in [3.05, 3.63) is 22.4 Å². The molecule has 2 saturated heterocycles. The number of nitrogens with zero attached hydrogens (tertiary/aromatic N) is 1. The summed E-state index contributed by atoms with van der Waals surface area (Å²) < 4.78 is 5.34. The van der Waals surface area contributed by atoms with Crippen LogP contribution in [0.25, 0.3) is 0 Å². The summed E-state index contributed by atoms with van der Waals surface area (Å²) in [5.41, 5.74) is 0.715. The lowest BCUT2D eigenvalue weighted by molar-refractivity contribution is -0.137. The number of morpholine rings is 1. The van der Waals surface area contributed by atoms with Crippen molar-refractivity contribution in [3.63, 3.8) is 0 Å². The van der Waals surface area contributed by atoms with Crippen LogP contribution in [0.5, 0.6) is 0 Å². The average Bonchev–Trinajstić information content (AvgIpc) is 3.10. The molecule has 0 aliphatic carbocycles. The van der Waals surface area contributed by atoms with E-state index in [9.17, 15) is 9.59 Å². The van der Waals surface area contributed by atoms with E-state index >= 15 is 0 Å². The minimum Gasteiger partial charge on any atom is -0.378 e. The summed E-state index contributed by atoms with van der Waals surface area (Å²) in [5, 5.41) is 9.99. The number of carbonyl (C=O) groups is 2. The topological polar surface area (TPSA) is 70.7 Å². The summed E-state index contributed by atoms with van der Waals surface area (Å²) in [5.74, 6) is 0.0932. The maximum absolute atomic E-state index is 12.4. The number of nitrogens with one attached hydrogen (secondary N) is 2. The molecule has 3 rings (SSSR count). The summed E-state index contributed by atoms with van der Waals surface area (Å²) in [4.78, 5) is 26.3. The minimum atomic E-state index is -0.217. The van der Waals surface area contributed by atoms with Crippen LogP contribution in [0.2, 0.25) is 0 Å². The first-order chi connectivity index (χ1) is 10.7. The fourth-order valence-corrected chi connectivity index (χ4v) is 3.49. The maximum atomic E-state index is 12.4. The van der Waals surface area contributed by atoms with Crippen molar-refractivity contribution in [2.45, 2.75) is 24.9 Å². The van der Waals surface area contributed by atoms with E-state index < -0.39 is 0 Å². The maximum Gasteiger partial charge on any atom is 0.252 e. The summed E-state index contributed by atoms with van der Waals surface area (Å²) in [6, 6.07) is 1.76. The van der Waals surface area contributed by atoms with Crippen LogP contribution in [0.1, 0.15) is 23.2 Å². The van der Waals surface area contributed by atoms with Gasteiger partial charge in [-0.2, -0.15) is 11.3 Å². The van der Waals surface area contributed by atoms with Gasteiger partial charge in [0.25, 0.3) is 5.91 Å². The summed E-state index contributed by atoms with van der Waals surface area (Å²) in [6.07, 6.45) is 1.60. The fourth-order valence-electron chi connectivity index (χ4n) is 2.85. The molecule has 0 spiro atoms. The summed E-state index contributed by atoms with van der Waals surface area (Å²) >= 11 is 1.52.